The van der Waals surface area contributed by atoms with Crippen LogP contribution in [0.1, 0.15) is 30.1 Å². The van der Waals surface area contributed by atoms with Crippen LogP contribution in [0.4, 0.5) is 14.5 Å². The molecule has 1 aromatic carbocycles. The Morgan fingerprint density at radius 2 is 1.93 bits per heavy atom. The van der Waals surface area contributed by atoms with Crippen molar-refractivity contribution in [3.05, 3.63) is 67.0 Å². The van der Waals surface area contributed by atoms with Gasteiger partial charge in [-0.3, -0.25) is 14.2 Å². The summed E-state index contributed by atoms with van der Waals surface area (Å²) in [5.74, 6) is 0.244. The third-order valence-corrected chi connectivity index (χ3v) is 7.61. The van der Waals surface area contributed by atoms with Crippen LogP contribution in [0, 0.1) is 5.41 Å². The Balaban J connectivity index is 1.26. The maximum atomic E-state index is 13.4. The highest BCUT2D eigenvalue weighted by Gasteiger charge is 2.30. The van der Waals surface area contributed by atoms with E-state index in [-0.39, 0.29) is 33.7 Å². The highest BCUT2D eigenvalue weighted by molar-refractivity contribution is 6.09. The van der Waals surface area contributed by atoms with Crippen LogP contribution in [-0.2, 0) is 13.6 Å². The van der Waals surface area contributed by atoms with Crippen molar-refractivity contribution in [2.24, 2.45) is 12.5 Å². The SMILES string of the molecule is CN1CCC(C)(Cn2cc(Oc3ccc(OC(F)F)c(-c4nn(C)cc4NC(=O)c4cnn5cccnc45)c3)cn2)CC1. The number of nitrogens with one attached hydrogen (secondary N) is 1. The average Bonchev–Trinajstić information content (AvgIpc) is 3.69. The van der Waals surface area contributed by atoms with E-state index in [4.69, 9.17) is 9.47 Å². The number of ether oxygens (including phenoxy) is 2. The van der Waals surface area contributed by atoms with Crippen LogP contribution in [-0.4, -0.2) is 71.7 Å². The normalized spacial score (nSPS) is 15.2. The Kier molecular flexibility index (Phi) is 7.52. The van der Waals surface area contributed by atoms with Gasteiger partial charge in [0.05, 0.1) is 29.8 Å². The molecule has 1 amide bonds. The van der Waals surface area contributed by atoms with Crippen LogP contribution >= 0.6 is 0 Å². The molecule has 0 radical (unpaired) electrons. The van der Waals surface area contributed by atoms with E-state index in [1.165, 1.54) is 27.5 Å². The van der Waals surface area contributed by atoms with Crippen LogP contribution in [0.3, 0.4) is 0 Å². The summed E-state index contributed by atoms with van der Waals surface area (Å²) in [7, 11) is 3.79. The summed E-state index contributed by atoms with van der Waals surface area (Å²) in [6.07, 6.45) is 11.8. The summed E-state index contributed by atoms with van der Waals surface area (Å²) < 4.78 is 42.5. The average molecular weight is 592 g/mol. The van der Waals surface area contributed by atoms with Gasteiger partial charge in [-0.15, -0.1) is 0 Å². The zero-order valence-electron chi connectivity index (χ0n) is 23.9. The molecule has 0 bridgehead atoms. The lowest BCUT2D eigenvalue weighted by Gasteiger charge is -2.37. The van der Waals surface area contributed by atoms with Crippen molar-refractivity contribution in [2.75, 3.05) is 25.5 Å². The van der Waals surface area contributed by atoms with Gasteiger partial charge in [-0.1, -0.05) is 6.92 Å². The molecular weight excluding hydrogens is 560 g/mol. The van der Waals surface area contributed by atoms with E-state index in [2.05, 4.69) is 44.5 Å². The van der Waals surface area contributed by atoms with Crippen molar-refractivity contribution in [3.63, 3.8) is 0 Å². The first-order valence-corrected chi connectivity index (χ1v) is 13.8. The molecule has 1 aliphatic rings. The molecule has 6 rings (SSSR count). The Labute approximate surface area is 245 Å². The van der Waals surface area contributed by atoms with Gasteiger partial charge in [0.2, 0.25) is 0 Å². The summed E-state index contributed by atoms with van der Waals surface area (Å²) in [5.41, 5.74) is 1.44. The number of carbonyl (C=O) groups excluding carboxylic acids is 1. The number of likely N-dealkylation sites (tertiary alicyclic amines) is 1. The molecule has 14 heteroatoms. The Bertz CT molecular complexity index is 1750. The summed E-state index contributed by atoms with van der Waals surface area (Å²) in [6, 6.07) is 6.16. The lowest BCUT2D eigenvalue weighted by molar-refractivity contribution is -0.0494. The second-order valence-corrected chi connectivity index (χ2v) is 11.1. The third-order valence-electron chi connectivity index (χ3n) is 7.61. The molecule has 224 valence electrons. The van der Waals surface area contributed by atoms with E-state index in [0.29, 0.717) is 17.1 Å². The summed E-state index contributed by atoms with van der Waals surface area (Å²) in [5, 5.41) is 15.9. The van der Waals surface area contributed by atoms with E-state index in [9.17, 15) is 13.6 Å². The number of piperidine rings is 1. The number of halogens is 2. The predicted octanol–water partition coefficient (Wildman–Crippen LogP) is 4.70. The Hall–Kier alpha value is -4.85. The molecule has 12 nitrogen and oxygen atoms in total. The number of fused-ring (bicyclic) bond motifs is 1. The molecule has 1 saturated heterocycles. The van der Waals surface area contributed by atoms with E-state index >= 15 is 0 Å². The standard InChI is InChI=1S/C29H31F2N9O3/c1-29(7-11-37(2)12-8-29)18-39-16-20(14-33-39)42-19-5-6-24(43-28(30)31)21(13-19)25-23(17-38(3)36-25)35-27(41)22-15-34-40-10-4-9-32-26(22)40/h4-6,9-10,13-17,28H,7-8,11-12,18H2,1-3H3,(H,35,41). The molecule has 1 aliphatic heterocycles. The van der Waals surface area contributed by atoms with Gasteiger partial charge in [-0.2, -0.15) is 24.1 Å². The number of aryl methyl sites for hydroxylation is 1. The number of amides is 1. The summed E-state index contributed by atoms with van der Waals surface area (Å²) in [6.45, 7) is 2.05. The Morgan fingerprint density at radius 1 is 1.12 bits per heavy atom. The highest BCUT2D eigenvalue weighted by atomic mass is 19.3. The Morgan fingerprint density at radius 3 is 2.72 bits per heavy atom. The molecule has 1 N–H and O–H groups in total. The van der Waals surface area contributed by atoms with Crippen LogP contribution in [0.15, 0.2) is 61.4 Å². The molecule has 0 atom stereocenters. The molecule has 43 heavy (non-hydrogen) atoms. The number of nitrogens with zero attached hydrogens (tertiary/aromatic N) is 8. The van der Waals surface area contributed by atoms with Crippen molar-refractivity contribution in [1.29, 1.82) is 0 Å². The van der Waals surface area contributed by atoms with E-state index in [0.717, 1.165) is 32.5 Å². The number of hydrogen-bond acceptors (Lipinski definition) is 8. The molecule has 0 spiro atoms. The first-order chi connectivity index (χ1) is 20.7. The lowest BCUT2D eigenvalue weighted by Crippen LogP contribution is -2.38. The van der Waals surface area contributed by atoms with Crippen molar-refractivity contribution in [2.45, 2.75) is 32.9 Å². The van der Waals surface area contributed by atoms with Crippen molar-refractivity contribution < 1.29 is 23.0 Å². The smallest absolute Gasteiger partial charge is 0.387 e. The second-order valence-electron chi connectivity index (χ2n) is 11.1. The monoisotopic (exact) mass is 591 g/mol. The van der Waals surface area contributed by atoms with Gasteiger partial charge in [0.25, 0.3) is 5.91 Å². The molecule has 0 aliphatic carbocycles. The van der Waals surface area contributed by atoms with Gasteiger partial charge in [-0.05, 0) is 62.7 Å². The minimum Gasteiger partial charge on any atom is -0.454 e. The minimum absolute atomic E-state index is 0.125. The second kappa shape index (κ2) is 11.4. The predicted molar refractivity (Wildman–Crippen MR) is 153 cm³/mol. The fourth-order valence-corrected chi connectivity index (χ4v) is 5.24. The fraction of sp³-hybridized carbons (Fsp3) is 0.345. The third kappa shape index (κ3) is 6.18. The highest BCUT2D eigenvalue weighted by Crippen LogP contribution is 2.39. The first kappa shape index (κ1) is 28.3. The van der Waals surface area contributed by atoms with Crippen LogP contribution in [0.5, 0.6) is 17.2 Å². The number of carbonyl (C=O) groups is 1. The number of anilines is 1. The van der Waals surface area contributed by atoms with Gasteiger partial charge in [0, 0.05) is 32.2 Å². The van der Waals surface area contributed by atoms with Crippen LogP contribution < -0.4 is 14.8 Å². The topological polar surface area (TPSA) is 117 Å². The molecule has 1 fully saturated rings. The first-order valence-electron chi connectivity index (χ1n) is 13.8. The summed E-state index contributed by atoms with van der Waals surface area (Å²) >= 11 is 0. The van der Waals surface area contributed by atoms with Crippen molar-refractivity contribution in [3.8, 4) is 28.5 Å². The lowest BCUT2D eigenvalue weighted by atomic mass is 9.80. The fourth-order valence-electron chi connectivity index (χ4n) is 5.24. The zero-order valence-corrected chi connectivity index (χ0v) is 23.9. The van der Waals surface area contributed by atoms with Gasteiger partial charge in [-0.25, -0.2) is 9.50 Å². The van der Waals surface area contributed by atoms with Gasteiger partial charge in [0.15, 0.2) is 11.4 Å². The molecule has 0 unspecified atom stereocenters. The van der Waals surface area contributed by atoms with Crippen molar-refractivity contribution >= 4 is 17.2 Å². The quantitative estimate of drug-likeness (QED) is 0.262. The van der Waals surface area contributed by atoms with E-state index in [1.807, 2.05) is 10.9 Å². The number of aromatic nitrogens is 7. The molecular formula is C29H31F2N9O3. The van der Waals surface area contributed by atoms with Gasteiger partial charge < -0.3 is 19.7 Å². The number of rotatable bonds is 9. The largest absolute Gasteiger partial charge is 0.454 e. The molecule has 5 aromatic rings. The minimum atomic E-state index is -3.07. The summed E-state index contributed by atoms with van der Waals surface area (Å²) in [4.78, 5) is 19.8. The number of alkyl halides is 2. The number of hydrogen-bond donors (Lipinski definition) is 1. The van der Waals surface area contributed by atoms with Crippen molar-refractivity contribution in [1.82, 2.24) is 39.1 Å². The van der Waals surface area contributed by atoms with Crippen LogP contribution in [0.2, 0.25) is 0 Å². The van der Waals surface area contributed by atoms with E-state index in [1.54, 1.807) is 44.0 Å². The van der Waals surface area contributed by atoms with E-state index < -0.39 is 12.5 Å². The molecule has 0 saturated carbocycles. The molecule has 5 heterocycles. The van der Waals surface area contributed by atoms with Gasteiger partial charge >= 0.3 is 6.61 Å². The zero-order chi connectivity index (χ0) is 30.1. The number of benzene rings is 1. The molecule has 4 aromatic heterocycles. The maximum absolute atomic E-state index is 13.4. The van der Waals surface area contributed by atoms with Crippen LogP contribution in [0.25, 0.3) is 16.9 Å². The maximum Gasteiger partial charge on any atom is 0.387 e. The van der Waals surface area contributed by atoms with Gasteiger partial charge in [0.1, 0.15) is 22.8 Å².